The number of aryl methyl sites for hydroxylation is 3. The Labute approximate surface area is 89.4 Å². The summed E-state index contributed by atoms with van der Waals surface area (Å²) in [4.78, 5) is 0. The van der Waals surface area contributed by atoms with E-state index in [1.165, 1.54) is 5.56 Å². The van der Waals surface area contributed by atoms with Gasteiger partial charge in [-0.3, -0.25) is 0 Å². The molecule has 0 amide bonds. The van der Waals surface area contributed by atoms with Gasteiger partial charge < -0.3 is 15.7 Å². The Balaban J connectivity index is 2.86. The van der Waals surface area contributed by atoms with E-state index >= 15 is 0 Å². The van der Waals surface area contributed by atoms with Crippen LogP contribution >= 0.6 is 0 Å². The molecule has 4 nitrogen and oxygen atoms in total. The lowest BCUT2D eigenvalue weighted by Gasteiger charge is -2.12. The molecule has 0 heterocycles. The van der Waals surface area contributed by atoms with E-state index in [9.17, 15) is 0 Å². The summed E-state index contributed by atoms with van der Waals surface area (Å²) >= 11 is 0. The molecule has 0 saturated carbocycles. The molecule has 3 N–H and O–H groups in total. The van der Waals surface area contributed by atoms with Crippen LogP contribution in [0, 0.1) is 20.8 Å². The minimum Gasteiger partial charge on any atom is -0.485 e. The third kappa shape index (κ3) is 2.87. The zero-order valence-electron chi connectivity index (χ0n) is 9.24. The van der Waals surface area contributed by atoms with Crippen LogP contribution in [0.15, 0.2) is 17.3 Å². The van der Waals surface area contributed by atoms with Crippen molar-refractivity contribution >= 4 is 5.84 Å². The van der Waals surface area contributed by atoms with Crippen LogP contribution in [-0.2, 0) is 0 Å². The van der Waals surface area contributed by atoms with Crippen LogP contribution in [0.25, 0.3) is 0 Å². The smallest absolute Gasteiger partial charge is 0.177 e. The number of benzene rings is 1. The maximum Gasteiger partial charge on any atom is 0.177 e. The number of amidine groups is 1. The van der Waals surface area contributed by atoms with Gasteiger partial charge in [-0.15, -0.1) is 0 Å². The highest BCUT2D eigenvalue weighted by Gasteiger charge is 2.05. The van der Waals surface area contributed by atoms with Crippen molar-refractivity contribution in [3.63, 3.8) is 0 Å². The molecule has 0 aromatic heterocycles. The molecule has 1 rings (SSSR count). The first-order valence-electron chi connectivity index (χ1n) is 4.71. The van der Waals surface area contributed by atoms with Gasteiger partial charge in [-0.1, -0.05) is 22.9 Å². The van der Waals surface area contributed by atoms with E-state index in [1.807, 2.05) is 32.9 Å². The minimum absolute atomic E-state index is 0.0642. The van der Waals surface area contributed by atoms with Gasteiger partial charge in [-0.2, -0.15) is 0 Å². The monoisotopic (exact) mass is 208 g/mol. The molecule has 0 spiro atoms. The lowest BCUT2D eigenvalue weighted by molar-refractivity contribution is 0.305. The summed E-state index contributed by atoms with van der Waals surface area (Å²) in [5.74, 6) is 0.863. The Bertz CT molecular complexity index is 363. The van der Waals surface area contributed by atoms with Crippen molar-refractivity contribution in [2.24, 2.45) is 10.9 Å². The van der Waals surface area contributed by atoms with Crippen LogP contribution in [0.2, 0.25) is 0 Å². The molecule has 0 unspecified atom stereocenters. The van der Waals surface area contributed by atoms with Crippen LogP contribution in [0.1, 0.15) is 16.7 Å². The molecule has 0 atom stereocenters. The fourth-order valence-corrected chi connectivity index (χ4v) is 1.57. The number of nitrogens with zero attached hydrogens (tertiary/aromatic N) is 1. The summed E-state index contributed by atoms with van der Waals surface area (Å²) < 4.78 is 5.46. The van der Waals surface area contributed by atoms with E-state index in [0.717, 1.165) is 16.9 Å². The van der Waals surface area contributed by atoms with Crippen molar-refractivity contribution < 1.29 is 9.94 Å². The molecule has 0 fully saturated rings. The van der Waals surface area contributed by atoms with E-state index in [2.05, 4.69) is 5.16 Å². The first kappa shape index (κ1) is 11.4. The largest absolute Gasteiger partial charge is 0.485 e. The third-order valence-electron chi connectivity index (χ3n) is 2.10. The van der Waals surface area contributed by atoms with Gasteiger partial charge in [0.2, 0.25) is 0 Å². The van der Waals surface area contributed by atoms with Crippen LogP contribution in [-0.4, -0.2) is 17.6 Å². The molecule has 1 aromatic carbocycles. The van der Waals surface area contributed by atoms with Gasteiger partial charge in [-0.25, -0.2) is 0 Å². The maximum absolute atomic E-state index is 8.38. The Morgan fingerprint density at radius 1 is 1.33 bits per heavy atom. The van der Waals surface area contributed by atoms with Crippen molar-refractivity contribution in [3.8, 4) is 5.75 Å². The molecule has 1 aromatic rings. The lowest BCUT2D eigenvalue weighted by Crippen LogP contribution is -2.21. The normalized spacial score (nSPS) is 11.5. The molecule has 0 aliphatic heterocycles. The molecule has 0 radical (unpaired) electrons. The summed E-state index contributed by atoms with van der Waals surface area (Å²) in [6, 6.07) is 4.07. The van der Waals surface area contributed by atoms with E-state index in [1.54, 1.807) is 0 Å². The van der Waals surface area contributed by atoms with E-state index in [4.69, 9.17) is 15.7 Å². The molecule has 4 heteroatoms. The van der Waals surface area contributed by atoms with Crippen molar-refractivity contribution in [2.75, 3.05) is 6.61 Å². The number of hydrogen-bond acceptors (Lipinski definition) is 3. The van der Waals surface area contributed by atoms with E-state index < -0.39 is 0 Å². The minimum atomic E-state index is 0.0642. The van der Waals surface area contributed by atoms with Gasteiger partial charge in [0, 0.05) is 0 Å². The van der Waals surface area contributed by atoms with Crippen molar-refractivity contribution in [1.29, 1.82) is 0 Å². The van der Waals surface area contributed by atoms with E-state index in [-0.39, 0.29) is 12.4 Å². The maximum atomic E-state index is 8.38. The van der Waals surface area contributed by atoms with Gasteiger partial charge >= 0.3 is 0 Å². The average molecular weight is 208 g/mol. The van der Waals surface area contributed by atoms with Gasteiger partial charge in [0.1, 0.15) is 12.4 Å². The number of nitrogens with two attached hydrogens (primary N) is 1. The fraction of sp³-hybridized carbons (Fsp3) is 0.364. The fourth-order valence-electron chi connectivity index (χ4n) is 1.57. The van der Waals surface area contributed by atoms with Crippen molar-refractivity contribution in [1.82, 2.24) is 0 Å². The molecular formula is C11H16N2O2. The summed E-state index contributed by atoms with van der Waals surface area (Å²) in [5.41, 5.74) is 8.63. The van der Waals surface area contributed by atoms with Crippen LogP contribution < -0.4 is 10.5 Å². The third-order valence-corrected chi connectivity index (χ3v) is 2.10. The number of hydrogen-bond donors (Lipinski definition) is 2. The van der Waals surface area contributed by atoms with Crippen LogP contribution in [0.4, 0.5) is 0 Å². The van der Waals surface area contributed by atoms with Crippen LogP contribution in [0.5, 0.6) is 5.75 Å². The standard InChI is InChI=1S/C11H16N2O2/c1-7-4-8(2)11(9(3)5-7)15-6-10(12)13-14/h4-5,14H,6H2,1-3H3,(H2,12,13). The predicted octanol–water partition coefficient (Wildman–Crippen LogP) is 1.74. The Hall–Kier alpha value is -1.71. The number of rotatable bonds is 3. The zero-order chi connectivity index (χ0) is 11.4. The molecule has 0 aliphatic rings. The van der Waals surface area contributed by atoms with E-state index in [0.29, 0.717) is 0 Å². The quantitative estimate of drug-likeness (QED) is 0.344. The summed E-state index contributed by atoms with van der Waals surface area (Å²) in [6.45, 7) is 6.08. The Kier molecular flexibility index (Phi) is 3.55. The van der Waals surface area contributed by atoms with Gasteiger partial charge in [0.25, 0.3) is 0 Å². The average Bonchev–Trinajstić information content (AvgIpc) is 2.15. The first-order chi connectivity index (χ1) is 7.04. The highest BCUT2D eigenvalue weighted by atomic mass is 16.5. The van der Waals surface area contributed by atoms with Gasteiger partial charge in [0.15, 0.2) is 5.84 Å². The summed E-state index contributed by atoms with van der Waals surface area (Å²) in [6.07, 6.45) is 0. The predicted molar refractivity (Wildman–Crippen MR) is 59.6 cm³/mol. The second-order valence-corrected chi connectivity index (χ2v) is 3.61. The molecule has 15 heavy (non-hydrogen) atoms. The Morgan fingerprint density at radius 3 is 2.33 bits per heavy atom. The molecule has 0 aliphatic carbocycles. The van der Waals surface area contributed by atoms with Gasteiger partial charge in [-0.05, 0) is 31.9 Å². The summed E-state index contributed by atoms with van der Waals surface area (Å²) in [5, 5.41) is 11.2. The Morgan fingerprint density at radius 2 is 1.87 bits per heavy atom. The first-order valence-corrected chi connectivity index (χ1v) is 4.71. The summed E-state index contributed by atoms with van der Waals surface area (Å²) in [7, 11) is 0. The molecular weight excluding hydrogens is 192 g/mol. The lowest BCUT2D eigenvalue weighted by atomic mass is 10.1. The molecule has 82 valence electrons. The molecule has 0 bridgehead atoms. The number of oxime groups is 1. The second kappa shape index (κ2) is 4.68. The van der Waals surface area contributed by atoms with Gasteiger partial charge in [0.05, 0.1) is 0 Å². The van der Waals surface area contributed by atoms with Crippen molar-refractivity contribution in [3.05, 3.63) is 28.8 Å². The highest BCUT2D eigenvalue weighted by Crippen LogP contribution is 2.24. The van der Waals surface area contributed by atoms with Crippen LogP contribution in [0.3, 0.4) is 0 Å². The zero-order valence-corrected chi connectivity index (χ0v) is 9.24. The second-order valence-electron chi connectivity index (χ2n) is 3.61. The molecule has 0 saturated heterocycles. The topological polar surface area (TPSA) is 67.8 Å². The SMILES string of the molecule is Cc1cc(C)c(OCC(N)=NO)c(C)c1. The highest BCUT2D eigenvalue weighted by molar-refractivity contribution is 5.81. The van der Waals surface area contributed by atoms with Crippen molar-refractivity contribution in [2.45, 2.75) is 20.8 Å². The number of ether oxygens (including phenoxy) is 1.